The first-order chi connectivity index (χ1) is 21.4. The summed E-state index contributed by atoms with van der Waals surface area (Å²) in [5, 5.41) is 13.1. The highest BCUT2D eigenvalue weighted by Gasteiger charge is 2.57. The highest BCUT2D eigenvalue weighted by molar-refractivity contribution is 8.00. The molecule has 1 saturated heterocycles. The van der Waals surface area contributed by atoms with Crippen LogP contribution >= 0.6 is 23.4 Å². The molecule has 0 bridgehead atoms. The van der Waals surface area contributed by atoms with Crippen molar-refractivity contribution in [1.29, 1.82) is 0 Å². The molecule has 2 aromatic rings. The molecule has 3 rings (SSSR count). The van der Waals surface area contributed by atoms with E-state index in [0.717, 1.165) is 17.5 Å². The molecule has 0 radical (unpaired) electrons. The monoisotopic (exact) mass is 640 g/mol. The summed E-state index contributed by atoms with van der Waals surface area (Å²) in [6, 6.07) is 12.1. The molecular weight excluding hydrogens is 596 g/mol. The minimum absolute atomic E-state index is 0.167. The molecule has 6 nitrogen and oxygen atoms in total. The molecule has 0 unspecified atom stereocenters. The fourth-order valence-corrected chi connectivity index (χ4v) is 6.94. The summed E-state index contributed by atoms with van der Waals surface area (Å²) >= 11 is 8.14. The fourth-order valence-electron chi connectivity index (χ4n) is 5.10. The molecule has 2 aromatic carbocycles. The van der Waals surface area contributed by atoms with E-state index < -0.39 is 23.2 Å². The number of aryl methyl sites for hydroxylation is 1. The van der Waals surface area contributed by atoms with E-state index in [4.69, 9.17) is 35.3 Å². The molecular formula is C36H45ClO6S. The Balaban J connectivity index is 2.20. The summed E-state index contributed by atoms with van der Waals surface area (Å²) in [5.74, 6) is 0.417. The van der Waals surface area contributed by atoms with Crippen LogP contribution in [0, 0.1) is 0 Å². The second-order valence-electron chi connectivity index (χ2n) is 10.3. The van der Waals surface area contributed by atoms with Crippen molar-refractivity contribution in [1.82, 2.24) is 0 Å². The molecule has 0 aromatic heterocycles. The van der Waals surface area contributed by atoms with Crippen LogP contribution in [0.25, 0.3) is 0 Å². The number of aliphatic hydroxyl groups is 1. The molecule has 1 N–H and O–H groups in total. The molecule has 1 aliphatic rings. The summed E-state index contributed by atoms with van der Waals surface area (Å²) < 4.78 is 31.0. The molecule has 1 aliphatic heterocycles. The zero-order valence-corrected chi connectivity index (χ0v) is 27.2. The van der Waals surface area contributed by atoms with Gasteiger partial charge in [-0.3, -0.25) is 0 Å². The third-order valence-electron chi connectivity index (χ3n) is 7.15. The van der Waals surface area contributed by atoms with Crippen LogP contribution in [0.3, 0.4) is 0 Å². The van der Waals surface area contributed by atoms with Crippen molar-refractivity contribution < 1.29 is 28.8 Å². The molecule has 1 fully saturated rings. The molecule has 238 valence electrons. The Bertz CT molecular complexity index is 1250. The van der Waals surface area contributed by atoms with E-state index >= 15 is 0 Å². The van der Waals surface area contributed by atoms with Gasteiger partial charge in [-0.1, -0.05) is 79.7 Å². The predicted octanol–water partition coefficient (Wildman–Crippen LogP) is 7.23. The second kappa shape index (κ2) is 18.4. The molecule has 0 amide bonds. The summed E-state index contributed by atoms with van der Waals surface area (Å²) in [5.41, 5.74) is 3.69. The van der Waals surface area contributed by atoms with Gasteiger partial charge in [0, 0.05) is 10.6 Å². The number of thioether (sulfide) groups is 1. The van der Waals surface area contributed by atoms with Crippen LogP contribution in [0.2, 0.25) is 5.02 Å². The lowest BCUT2D eigenvalue weighted by molar-refractivity contribution is -0.180. The van der Waals surface area contributed by atoms with Crippen LogP contribution in [0.5, 0.6) is 5.75 Å². The fraction of sp³-hybridized carbons (Fsp3) is 0.389. The summed E-state index contributed by atoms with van der Waals surface area (Å²) in [6.07, 6.45) is 7.68. The molecule has 1 heterocycles. The van der Waals surface area contributed by atoms with Crippen molar-refractivity contribution in [2.24, 2.45) is 0 Å². The molecule has 8 heteroatoms. The van der Waals surface area contributed by atoms with Crippen LogP contribution in [0.4, 0.5) is 0 Å². The first kappa shape index (κ1) is 35.9. The topological polar surface area (TPSA) is 66.4 Å². The van der Waals surface area contributed by atoms with Gasteiger partial charge in [0.15, 0.2) is 4.93 Å². The van der Waals surface area contributed by atoms with Gasteiger partial charge in [-0.05, 0) is 41.7 Å². The van der Waals surface area contributed by atoms with Crippen LogP contribution < -0.4 is 4.74 Å². The number of hydrogen-bond donors (Lipinski definition) is 1. The van der Waals surface area contributed by atoms with E-state index in [9.17, 15) is 5.11 Å². The van der Waals surface area contributed by atoms with Gasteiger partial charge >= 0.3 is 0 Å². The molecule has 44 heavy (non-hydrogen) atoms. The molecule has 0 saturated carbocycles. The third kappa shape index (κ3) is 9.21. The smallest absolute Gasteiger partial charge is 0.168 e. The zero-order chi connectivity index (χ0) is 32.0. The Morgan fingerprint density at radius 2 is 1.41 bits per heavy atom. The quantitative estimate of drug-likeness (QED) is 0.121. The Morgan fingerprint density at radius 3 is 2.02 bits per heavy atom. The summed E-state index contributed by atoms with van der Waals surface area (Å²) in [4.78, 5) is -1.67. The van der Waals surface area contributed by atoms with Crippen LogP contribution in [0.1, 0.15) is 29.2 Å². The predicted molar refractivity (Wildman–Crippen MR) is 182 cm³/mol. The van der Waals surface area contributed by atoms with Crippen molar-refractivity contribution in [2.45, 2.75) is 48.3 Å². The molecule has 0 aliphatic carbocycles. The number of halogens is 1. The van der Waals surface area contributed by atoms with Crippen molar-refractivity contribution in [2.75, 3.05) is 39.6 Å². The van der Waals surface area contributed by atoms with Crippen LogP contribution in [0.15, 0.2) is 99.7 Å². The number of ether oxygens (including phenoxy) is 5. The van der Waals surface area contributed by atoms with Gasteiger partial charge in [-0.15, -0.1) is 38.1 Å². The lowest BCUT2D eigenvalue weighted by Gasteiger charge is -2.50. The highest BCUT2D eigenvalue weighted by Crippen LogP contribution is 2.53. The van der Waals surface area contributed by atoms with Gasteiger partial charge in [-0.2, -0.15) is 0 Å². The minimum atomic E-state index is -1.67. The maximum Gasteiger partial charge on any atom is 0.168 e. The third-order valence-corrected chi connectivity index (χ3v) is 9.02. The van der Waals surface area contributed by atoms with Gasteiger partial charge in [0.1, 0.15) is 30.7 Å². The van der Waals surface area contributed by atoms with E-state index in [1.165, 1.54) is 17.3 Å². The maximum absolute atomic E-state index is 12.9. The SMILES string of the molecule is C=CCOC[C@@H]1S[C@@](O)(c2cc(Cc3ccc(CC)cc3)c(Cl)cc2OCC=C)[C@H](OCC=C)[C@@H](OCC=C)[C@@H]1OCC=C. The maximum atomic E-state index is 12.9. The number of benzene rings is 2. The van der Waals surface area contributed by atoms with Gasteiger partial charge in [0.05, 0.1) is 38.3 Å². The minimum Gasteiger partial charge on any atom is -0.489 e. The highest BCUT2D eigenvalue weighted by atomic mass is 35.5. The first-order valence-corrected chi connectivity index (χ1v) is 16.0. The second-order valence-corrected chi connectivity index (χ2v) is 12.2. The van der Waals surface area contributed by atoms with Crippen molar-refractivity contribution in [3.63, 3.8) is 0 Å². The Labute approximate surface area is 272 Å². The largest absolute Gasteiger partial charge is 0.489 e. The van der Waals surface area contributed by atoms with E-state index in [0.29, 0.717) is 29.4 Å². The van der Waals surface area contributed by atoms with Gasteiger partial charge in [0.2, 0.25) is 0 Å². The van der Waals surface area contributed by atoms with Crippen molar-refractivity contribution in [3.05, 3.63) is 127 Å². The van der Waals surface area contributed by atoms with Gasteiger partial charge in [0.25, 0.3) is 0 Å². The summed E-state index contributed by atoms with van der Waals surface area (Å²) in [6.45, 7) is 22.6. The average Bonchev–Trinajstić information content (AvgIpc) is 3.03. The van der Waals surface area contributed by atoms with Crippen molar-refractivity contribution in [3.8, 4) is 5.75 Å². The average molecular weight is 641 g/mol. The Hall–Kier alpha value is -2.62. The normalized spacial score (nSPS) is 23.1. The van der Waals surface area contributed by atoms with Gasteiger partial charge in [-0.25, -0.2) is 0 Å². The van der Waals surface area contributed by atoms with E-state index in [-0.39, 0.29) is 38.3 Å². The van der Waals surface area contributed by atoms with Gasteiger partial charge < -0.3 is 28.8 Å². The Kier molecular flexibility index (Phi) is 15.0. The van der Waals surface area contributed by atoms with E-state index in [2.05, 4.69) is 64.1 Å². The standard InChI is InChI=1S/C36H45ClO6S/c1-7-17-39-25-32-33(41-19-9-3)34(42-20-10-4)35(43-21-11-5)36(38,44-32)29-23-28(30(37)24-31(29)40-18-8-2)22-27-15-13-26(12-6)14-16-27/h7-11,13-16,23-24,32-35,38H,1-5,12,17-22,25H2,6H3/t32-,33+,34-,35+,36-/m0/s1. The number of rotatable bonds is 20. The Morgan fingerprint density at radius 1 is 0.818 bits per heavy atom. The molecule has 0 spiro atoms. The number of hydrogen-bond acceptors (Lipinski definition) is 7. The summed E-state index contributed by atoms with van der Waals surface area (Å²) in [7, 11) is 0. The van der Waals surface area contributed by atoms with Crippen LogP contribution in [-0.4, -0.2) is 68.3 Å². The zero-order valence-electron chi connectivity index (χ0n) is 25.6. The lowest BCUT2D eigenvalue weighted by Crippen LogP contribution is -2.61. The van der Waals surface area contributed by atoms with Crippen molar-refractivity contribution >= 4 is 23.4 Å². The van der Waals surface area contributed by atoms with Crippen LogP contribution in [-0.2, 0) is 36.7 Å². The lowest BCUT2D eigenvalue weighted by atomic mass is 9.91. The first-order valence-electron chi connectivity index (χ1n) is 14.8. The van der Waals surface area contributed by atoms with E-state index in [1.807, 2.05) is 6.07 Å². The van der Waals surface area contributed by atoms with E-state index in [1.54, 1.807) is 36.4 Å². The molecule has 5 atom stereocenters.